The Balaban J connectivity index is 1.57. The Morgan fingerprint density at radius 3 is 2.62 bits per heavy atom. The lowest BCUT2D eigenvalue weighted by molar-refractivity contribution is -0.138. The van der Waals surface area contributed by atoms with Crippen molar-refractivity contribution < 1.29 is 14.4 Å². The largest absolute Gasteiger partial charge is 0.370 e. The van der Waals surface area contributed by atoms with Gasteiger partial charge in [0.15, 0.2) is 0 Å². The molecule has 0 spiro atoms. The Bertz CT molecular complexity index is 461. The summed E-state index contributed by atoms with van der Waals surface area (Å²) in [5.41, 5.74) is 5.25. The van der Waals surface area contributed by atoms with Gasteiger partial charge in [-0.2, -0.15) is 0 Å². The van der Waals surface area contributed by atoms with Gasteiger partial charge in [0.25, 0.3) is 0 Å². The van der Waals surface area contributed by atoms with Crippen LogP contribution in [0.25, 0.3) is 0 Å². The summed E-state index contributed by atoms with van der Waals surface area (Å²) < 4.78 is 0. The van der Waals surface area contributed by atoms with Gasteiger partial charge in [-0.25, -0.2) is 0 Å². The Kier molecular flexibility index (Phi) is 3.87. The number of hydrogen-bond donors (Lipinski definition) is 1. The molecule has 2 saturated heterocycles. The van der Waals surface area contributed by atoms with Crippen LogP contribution in [0, 0.1) is 11.8 Å². The van der Waals surface area contributed by atoms with E-state index < -0.39 is 0 Å². The number of piperidine rings is 1. The number of carbonyl (C=O) groups excluding carboxylic acids is 3. The first-order chi connectivity index (χ1) is 10.0. The molecule has 3 aliphatic rings. The zero-order chi connectivity index (χ0) is 15.0. The van der Waals surface area contributed by atoms with Crippen molar-refractivity contribution in [1.29, 1.82) is 0 Å². The SMILES string of the molecule is NC(=O)CC1CCCN(C(=O)C2CC(=O)N(C3CC3)C2)C1. The van der Waals surface area contributed by atoms with E-state index in [1.165, 1.54) is 0 Å². The fraction of sp³-hybridized carbons (Fsp3) is 0.800. The minimum Gasteiger partial charge on any atom is -0.370 e. The van der Waals surface area contributed by atoms with Gasteiger partial charge in [0, 0.05) is 38.5 Å². The van der Waals surface area contributed by atoms with E-state index in [-0.39, 0.29) is 29.6 Å². The predicted molar refractivity (Wildman–Crippen MR) is 76.0 cm³/mol. The molecule has 3 rings (SSSR count). The van der Waals surface area contributed by atoms with Gasteiger partial charge in [-0.05, 0) is 31.6 Å². The van der Waals surface area contributed by atoms with Crippen LogP contribution in [0.3, 0.4) is 0 Å². The van der Waals surface area contributed by atoms with E-state index in [1.54, 1.807) is 0 Å². The zero-order valence-electron chi connectivity index (χ0n) is 12.3. The first-order valence-electron chi connectivity index (χ1n) is 7.91. The van der Waals surface area contributed by atoms with Gasteiger partial charge in [-0.3, -0.25) is 14.4 Å². The maximum atomic E-state index is 12.6. The molecule has 21 heavy (non-hydrogen) atoms. The number of rotatable bonds is 4. The highest BCUT2D eigenvalue weighted by Gasteiger charge is 2.43. The molecule has 3 amide bonds. The van der Waals surface area contributed by atoms with Crippen LogP contribution in [0.2, 0.25) is 0 Å². The molecule has 0 aromatic carbocycles. The van der Waals surface area contributed by atoms with Gasteiger partial charge in [-0.1, -0.05) is 0 Å². The third kappa shape index (κ3) is 3.19. The van der Waals surface area contributed by atoms with E-state index in [4.69, 9.17) is 5.73 Å². The standard InChI is InChI=1S/C15H23N3O3/c16-13(19)6-10-2-1-5-17(8-10)15(21)11-7-14(20)18(9-11)12-3-4-12/h10-12H,1-9H2,(H2,16,19). The number of nitrogens with zero attached hydrogens (tertiary/aromatic N) is 2. The molecule has 6 nitrogen and oxygen atoms in total. The second kappa shape index (κ2) is 5.66. The third-order valence-corrected chi connectivity index (χ3v) is 4.82. The number of nitrogens with two attached hydrogens (primary N) is 1. The molecule has 2 atom stereocenters. The molecular formula is C15H23N3O3. The van der Waals surface area contributed by atoms with Gasteiger partial charge in [0.1, 0.15) is 0 Å². The predicted octanol–water partition coefficient (Wildman–Crippen LogP) is 0.111. The van der Waals surface area contributed by atoms with Gasteiger partial charge in [0.05, 0.1) is 5.92 Å². The summed E-state index contributed by atoms with van der Waals surface area (Å²) in [4.78, 5) is 39.3. The molecule has 6 heteroatoms. The van der Waals surface area contributed by atoms with Crippen molar-refractivity contribution in [3.63, 3.8) is 0 Å². The van der Waals surface area contributed by atoms with Crippen LogP contribution in [0.4, 0.5) is 0 Å². The van der Waals surface area contributed by atoms with Crippen LogP contribution in [0.1, 0.15) is 38.5 Å². The van der Waals surface area contributed by atoms with Gasteiger partial charge in [0.2, 0.25) is 17.7 Å². The van der Waals surface area contributed by atoms with Crippen molar-refractivity contribution in [2.75, 3.05) is 19.6 Å². The molecule has 3 fully saturated rings. The van der Waals surface area contributed by atoms with Crippen molar-refractivity contribution in [1.82, 2.24) is 9.80 Å². The molecule has 2 heterocycles. The summed E-state index contributed by atoms with van der Waals surface area (Å²) >= 11 is 0. The minimum atomic E-state index is -0.301. The maximum absolute atomic E-state index is 12.6. The van der Waals surface area contributed by atoms with Gasteiger partial charge < -0.3 is 15.5 Å². The fourth-order valence-corrected chi connectivity index (χ4v) is 3.61. The summed E-state index contributed by atoms with van der Waals surface area (Å²) in [7, 11) is 0. The molecule has 1 aliphatic carbocycles. The molecule has 0 aromatic rings. The number of primary amides is 1. The van der Waals surface area contributed by atoms with Crippen LogP contribution in [0.15, 0.2) is 0 Å². The van der Waals surface area contributed by atoms with Crippen molar-refractivity contribution in [2.24, 2.45) is 17.6 Å². The second-order valence-corrected chi connectivity index (χ2v) is 6.64. The van der Waals surface area contributed by atoms with E-state index in [0.717, 1.165) is 32.2 Å². The van der Waals surface area contributed by atoms with E-state index in [1.807, 2.05) is 9.80 Å². The Morgan fingerprint density at radius 1 is 1.19 bits per heavy atom. The number of hydrogen-bond acceptors (Lipinski definition) is 3. The summed E-state index contributed by atoms with van der Waals surface area (Å²) in [5.74, 6) is -0.102. The topological polar surface area (TPSA) is 83.7 Å². The fourth-order valence-electron chi connectivity index (χ4n) is 3.61. The zero-order valence-corrected chi connectivity index (χ0v) is 12.3. The molecule has 116 valence electrons. The third-order valence-electron chi connectivity index (χ3n) is 4.82. The molecule has 0 bridgehead atoms. The van der Waals surface area contributed by atoms with Gasteiger partial charge in [-0.15, -0.1) is 0 Å². The lowest BCUT2D eigenvalue weighted by atomic mass is 9.93. The number of likely N-dealkylation sites (tertiary alicyclic amines) is 2. The van der Waals surface area contributed by atoms with Crippen molar-refractivity contribution in [3.8, 4) is 0 Å². The molecular weight excluding hydrogens is 270 g/mol. The highest BCUT2D eigenvalue weighted by molar-refractivity contribution is 5.89. The molecule has 2 aliphatic heterocycles. The first kappa shape index (κ1) is 14.4. The van der Waals surface area contributed by atoms with E-state index in [0.29, 0.717) is 32.0 Å². The molecule has 0 radical (unpaired) electrons. The van der Waals surface area contributed by atoms with Crippen LogP contribution in [-0.2, 0) is 14.4 Å². The van der Waals surface area contributed by atoms with Gasteiger partial charge >= 0.3 is 0 Å². The van der Waals surface area contributed by atoms with Crippen molar-refractivity contribution in [3.05, 3.63) is 0 Å². The van der Waals surface area contributed by atoms with Crippen LogP contribution >= 0.6 is 0 Å². The first-order valence-corrected chi connectivity index (χ1v) is 7.91. The quantitative estimate of drug-likeness (QED) is 0.798. The highest BCUT2D eigenvalue weighted by Crippen LogP contribution is 2.33. The normalized spacial score (nSPS) is 29.8. The molecule has 2 N–H and O–H groups in total. The van der Waals surface area contributed by atoms with Crippen LogP contribution < -0.4 is 5.73 Å². The second-order valence-electron chi connectivity index (χ2n) is 6.64. The summed E-state index contributed by atoms with van der Waals surface area (Å²) in [6.45, 7) is 1.93. The Morgan fingerprint density at radius 2 is 1.95 bits per heavy atom. The van der Waals surface area contributed by atoms with Crippen molar-refractivity contribution in [2.45, 2.75) is 44.6 Å². The summed E-state index contributed by atoms with van der Waals surface area (Å²) in [5, 5.41) is 0. The lowest BCUT2D eigenvalue weighted by Crippen LogP contribution is -2.44. The summed E-state index contributed by atoms with van der Waals surface area (Å²) in [6.07, 6.45) is 4.73. The smallest absolute Gasteiger partial charge is 0.228 e. The van der Waals surface area contributed by atoms with E-state index in [2.05, 4.69) is 0 Å². The number of carbonyl (C=O) groups is 3. The molecule has 0 aromatic heterocycles. The lowest BCUT2D eigenvalue weighted by Gasteiger charge is -2.33. The van der Waals surface area contributed by atoms with Crippen molar-refractivity contribution >= 4 is 17.7 Å². The highest BCUT2D eigenvalue weighted by atomic mass is 16.2. The van der Waals surface area contributed by atoms with E-state index in [9.17, 15) is 14.4 Å². The monoisotopic (exact) mass is 293 g/mol. The average Bonchev–Trinajstić information content (AvgIpc) is 3.20. The van der Waals surface area contributed by atoms with Crippen LogP contribution in [0.5, 0.6) is 0 Å². The molecule has 2 unspecified atom stereocenters. The summed E-state index contributed by atoms with van der Waals surface area (Å²) in [6, 6.07) is 0.388. The van der Waals surface area contributed by atoms with Crippen LogP contribution in [-0.4, -0.2) is 53.2 Å². The minimum absolute atomic E-state index is 0.0840. The van der Waals surface area contributed by atoms with E-state index >= 15 is 0 Å². The number of amides is 3. The maximum Gasteiger partial charge on any atom is 0.228 e. The Hall–Kier alpha value is -1.59. The Labute approximate surface area is 124 Å². The molecule has 1 saturated carbocycles. The average molecular weight is 293 g/mol.